The fraction of sp³-hybridized carbons (Fsp3) is 0.542. The van der Waals surface area contributed by atoms with Crippen molar-refractivity contribution in [1.82, 2.24) is 14.7 Å². The predicted octanol–water partition coefficient (Wildman–Crippen LogP) is 3.80. The van der Waals surface area contributed by atoms with E-state index >= 15 is 0 Å². The first-order valence-electron chi connectivity index (χ1n) is 11.4. The van der Waals surface area contributed by atoms with Crippen LogP contribution in [0.5, 0.6) is 5.88 Å². The third-order valence-corrected chi connectivity index (χ3v) is 6.23. The van der Waals surface area contributed by atoms with E-state index in [1.165, 1.54) is 63.6 Å². The first kappa shape index (κ1) is 23.8. The van der Waals surface area contributed by atoms with Crippen molar-refractivity contribution in [2.45, 2.75) is 56.9 Å². The SMILES string of the molecule is O=C(O)C(=O)O.c1ccc(C2CCN(CCOc3ccn(C4CCCCC4)n3)CC2)cc1. The second-order valence-electron chi connectivity index (χ2n) is 8.41. The third-order valence-electron chi connectivity index (χ3n) is 6.23. The Morgan fingerprint density at radius 1 is 0.938 bits per heavy atom. The number of ether oxygens (including phenoxy) is 1. The van der Waals surface area contributed by atoms with Gasteiger partial charge in [0.2, 0.25) is 5.88 Å². The highest BCUT2D eigenvalue weighted by atomic mass is 16.5. The van der Waals surface area contributed by atoms with Gasteiger partial charge in [0.15, 0.2) is 0 Å². The summed E-state index contributed by atoms with van der Waals surface area (Å²) < 4.78 is 8.04. The van der Waals surface area contributed by atoms with Crippen molar-refractivity contribution in [3.8, 4) is 5.88 Å². The van der Waals surface area contributed by atoms with Crippen LogP contribution in [-0.2, 0) is 9.59 Å². The Kier molecular flexibility index (Phi) is 9.10. The highest BCUT2D eigenvalue weighted by Crippen LogP contribution is 2.29. The molecule has 2 fully saturated rings. The summed E-state index contributed by atoms with van der Waals surface area (Å²) in [5.41, 5.74) is 1.50. The zero-order chi connectivity index (χ0) is 22.8. The van der Waals surface area contributed by atoms with Gasteiger partial charge in [0.25, 0.3) is 0 Å². The molecule has 0 spiro atoms. The highest BCUT2D eigenvalue weighted by Gasteiger charge is 2.20. The van der Waals surface area contributed by atoms with Crippen LogP contribution in [0.4, 0.5) is 0 Å². The van der Waals surface area contributed by atoms with Gasteiger partial charge in [0.1, 0.15) is 6.61 Å². The van der Waals surface area contributed by atoms with Gasteiger partial charge in [0, 0.05) is 18.8 Å². The lowest BCUT2D eigenvalue weighted by Crippen LogP contribution is -2.35. The number of aromatic nitrogens is 2. The summed E-state index contributed by atoms with van der Waals surface area (Å²) in [5, 5.41) is 19.4. The number of piperidine rings is 1. The minimum Gasteiger partial charge on any atom is -0.475 e. The summed E-state index contributed by atoms with van der Waals surface area (Å²) in [5.74, 6) is -2.14. The van der Waals surface area contributed by atoms with Crippen LogP contribution in [0.15, 0.2) is 42.6 Å². The third kappa shape index (κ3) is 7.37. The lowest BCUT2D eigenvalue weighted by molar-refractivity contribution is -0.159. The van der Waals surface area contributed by atoms with Gasteiger partial charge in [-0.1, -0.05) is 49.6 Å². The van der Waals surface area contributed by atoms with E-state index < -0.39 is 11.9 Å². The fourth-order valence-corrected chi connectivity index (χ4v) is 4.44. The van der Waals surface area contributed by atoms with Crippen molar-refractivity contribution in [3.05, 3.63) is 48.2 Å². The van der Waals surface area contributed by atoms with Crippen LogP contribution in [0.25, 0.3) is 0 Å². The molecule has 0 radical (unpaired) electrons. The Morgan fingerprint density at radius 2 is 1.59 bits per heavy atom. The number of benzene rings is 1. The second-order valence-corrected chi connectivity index (χ2v) is 8.41. The Morgan fingerprint density at radius 3 is 2.22 bits per heavy atom. The lowest BCUT2D eigenvalue weighted by Gasteiger charge is -2.31. The molecule has 2 N–H and O–H groups in total. The minimum atomic E-state index is -1.82. The number of carbonyl (C=O) groups is 2. The van der Waals surface area contributed by atoms with Crippen molar-refractivity contribution < 1.29 is 24.5 Å². The van der Waals surface area contributed by atoms with E-state index in [1.807, 2.05) is 6.07 Å². The van der Waals surface area contributed by atoms with Gasteiger partial charge in [0.05, 0.1) is 6.04 Å². The summed E-state index contributed by atoms with van der Waals surface area (Å²) in [7, 11) is 0. The molecule has 4 rings (SSSR count). The van der Waals surface area contributed by atoms with Crippen LogP contribution >= 0.6 is 0 Å². The minimum absolute atomic E-state index is 0.582. The summed E-state index contributed by atoms with van der Waals surface area (Å²) in [6.45, 7) is 4.06. The van der Waals surface area contributed by atoms with Crippen molar-refractivity contribution in [3.63, 3.8) is 0 Å². The molecule has 1 aromatic heterocycles. The molecule has 174 valence electrons. The smallest absolute Gasteiger partial charge is 0.414 e. The summed E-state index contributed by atoms with van der Waals surface area (Å²) in [6.07, 6.45) is 11.2. The zero-order valence-corrected chi connectivity index (χ0v) is 18.4. The molecular weight excluding hydrogens is 410 g/mol. The van der Waals surface area contributed by atoms with E-state index in [0.717, 1.165) is 24.9 Å². The van der Waals surface area contributed by atoms with Gasteiger partial charge in [-0.25, -0.2) is 9.59 Å². The standard InChI is InChI=1S/C22H31N3O.C2H2O4/c1-3-7-19(8-4-1)20-11-14-24(15-12-20)17-18-26-22-13-16-25(23-22)21-9-5-2-6-10-21;3-1(4)2(5)6/h1,3-4,7-8,13,16,20-21H,2,5-6,9-12,14-15,17-18H2;(H,3,4)(H,5,6). The van der Waals surface area contributed by atoms with Crippen molar-refractivity contribution in [1.29, 1.82) is 0 Å². The molecule has 0 unspecified atom stereocenters. The van der Waals surface area contributed by atoms with Crippen molar-refractivity contribution in [2.24, 2.45) is 0 Å². The predicted molar refractivity (Wildman–Crippen MR) is 120 cm³/mol. The average Bonchev–Trinajstić information content (AvgIpc) is 3.30. The molecule has 1 aliphatic heterocycles. The van der Waals surface area contributed by atoms with E-state index in [1.54, 1.807) is 0 Å². The molecule has 1 saturated heterocycles. The van der Waals surface area contributed by atoms with E-state index in [9.17, 15) is 0 Å². The van der Waals surface area contributed by atoms with Gasteiger partial charge in [-0.15, -0.1) is 5.10 Å². The van der Waals surface area contributed by atoms with Gasteiger partial charge in [-0.2, -0.15) is 0 Å². The first-order chi connectivity index (χ1) is 15.5. The Hall–Kier alpha value is -2.87. The number of hydrogen-bond acceptors (Lipinski definition) is 5. The van der Waals surface area contributed by atoms with Gasteiger partial charge >= 0.3 is 11.9 Å². The molecule has 8 nitrogen and oxygen atoms in total. The molecule has 32 heavy (non-hydrogen) atoms. The molecule has 0 atom stereocenters. The number of carboxylic acid groups (broad SMARTS) is 2. The maximum absolute atomic E-state index is 9.10. The molecule has 1 saturated carbocycles. The number of aliphatic carboxylic acids is 2. The Bertz CT molecular complexity index is 828. The van der Waals surface area contributed by atoms with E-state index in [2.05, 4.69) is 51.2 Å². The van der Waals surface area contributed by atoms with Crippen LogP contribution < -0.4 is 4.74 Å². The number of rotatable bonds is 6. The van der Waals surface area contributed by atoms with E-state index in [0.29, 0.717) is 6.04 Å². The molecule has 1 aromatic carbocycles. The van der Waals surface area contributed by atoms with Gasteiger partial charge < -0.3 is 14.9 Å². The maximum atomic E-state index is 9.10. The first-order valence-corrected chi connectivity index (χ1v) is 11.4. The van der Waals surface area contributed by atoms with Crippen LogP contribution in [0.1, 0.15) is 62.5 Å². The number of likely N-dealkylation sites (tertiary alicyclic amines) is 1. The van der Waals surface area contributed by atoms with Gasteiger partial charge in [-0.05, 0) is 50.3 Å². The molecule has 2 aliphatic rings. The largest absolute Gasteiger partial charge is 0.475 e. The summed E-state index contributed by atoms with van der Waals surface area (Å²) in [6, 6.07) is 13.6. The zero-order valence-electron chi connectivity index (χ0n) is 18.4. The fourth-order valence-electron chi connectivity index (χ4n) is 4.44. The van der Waals surface area contributed by atoms with Crippen LogP contribution in [-0.4, -0.2) is 63.1 Å². The monoisotopic (exact) mass is 443 g/mol. The van der Waals surface area contributed by atoms with E-state index in [4.69, 9.17) is 24.5 Å². The topological polar surface area (TPSA) is 105 Å². The Balaban J connectivity index is 0.000000427. The summed E-state index contributed by atoms with van der Waals surface area (Å²) in [4.78, 5) is 20.7. The van der Waals surface area contributed by atoms with Gasteiger partial charge in [-0.3, -0.25) is 9.58 Å². The van der Waals surface area contributed by atoms with E-state index in [-0.39, 0.29) is 0 Å². The average molecular weight is 444 g/mol. The molecule has 8 heteroatoms. The molecule has 1 aliphatic carbocycles. The Labute approximate surface area is 188 Å². The van der Waals surface area contributed by atoms with Crippen LogP contribution in [0.2, 0.25) is 0 Å². The molecule has 0 bridgehead atoms. The maximum Gasteiger partial charge on any atom is 0.414 e. The highest BCUT2D eigenvalue weighted by molar-refractivity contribution is 6.27. The van der Waals surface area contributed by atoms with Crippen molar-refractivity contribution >= 4 is 11.9 Å². The van der Waals surface area contributed by atoms with Crippen LogP contribution in [0, 0.1) is 0 Å². The van der Waals surface area contributed by atoms with Crippen LogP contribution in [0.3, 0.4) is 0 Å². The molecule has 2 heterocycles. The molecule has 2 aromatic rings. The number of nitrogens with zero attached hydrogens (tertiary/aromatic N) is 3. The quantitative estimate of drug-likeness (QED) is 0.654. The normalized spacial score (nSPS) is 17.9. The number of hydrogen-bond donors (Lipinski definition) is 2. The van der Waals surface area contributed by atoms with Crippen molar-refractivity contribution in [2.75, 3.05) is 26.2 Å². The summed E-state index contributed by atoms with van der Waals surface area (Å²) >= 11 is 0. The number of carboxylic acids is 2. The second kappa shape index (κ2) is 12.2. The lowest BCUT2D eigenvalue weighted by atomic mass is 9.89. The molecule has 0 amide bonds. The molecular formula is C24H33N3O5.